The van der Waals surface area contributed by atoms with E-state index >= 15 is 0 Å². The van der Waals surface area contributed by atoms with E-state index < -0.39 is 36.5 Å². The highest BCUT2D eigenvalue weighted by molar-refractivity contribution is 6.06. The Morgan fingerprint density at radius 2 is 1.62 bits per heavy atom. The van der Waals surface area contributed by atoms with Gasteiger partial charge in [0.1, 0.15) is 11.5 Å². The Morgan fingerprint density at radius 1 is 1.00 bits per heavy atom. The molecule has 0 radical (unpaired) electrons. The third-order valence-electron chi connectivity index (χ3n) is 3.28. The molecule has 0 saturated carbocycles. The zero-order valence-corrected chi connectivity index (χ0v) is 15.3. The second-order valence-electron chi connectivity index (χ2n) is 5.96. The zero-order chi connectivity index (χ0) is 21.6. The quantitative estimate of drug-likeness (QED) is 0.387. The maximum absolute atomic E-state index is 12.9. The highest BCUT2D eigenvalue weighted by Crippen LogP contribution is 2.28. The van der Waals surface area contributed by atoms with E-state index in [1.165, 1.54) is 24.3 Å². The third kappa shape index (κ3) is 6.37. The van der Waals surface area contributed by atoms with Gasteiger partial charge in [0.05, 0.1) is 11.7 Å². The van der Waals surface area contributed by atoms with Crippen LogP contribution in [0.5, 0.6) is 11.5 Å². The van der Waals surface area contributed by atoms with Crippen LogP contribution in [0.3, 0.4) is 0 Å². The Bertz CT molecular complexity index is 856. The number of anilines is 1. The summed E-state index contributed by atoms with van der Waals surface area (Å²) in [7, 11) is 0. The summed E-state index contributed by atoms with van der Waals surface area (Å²) < 4.78 is 63.9. The molecule has 2 aromatic rings. The molecule has 0 heterocycles. The van der Waals surface area contributed by atoms with Crippen molar-refractivity contribution in [3.05, 3.63) is 54.1 Å². The Hall–Kier alpha value is -3.30. The van der Waals surface area contributed by atoms with Gasteiger partial charge in [-0.05, 0) is 50.2 Å². The van der Waals surface area contributed by atoms with Crippen molar-refractivity contribution in [2.45, 2.75) is 32.5 Å². The van der Waals surface area contributed by atoms with Crippen LogP contribution in [-0.4, -0.2) is 30.7 Å². The van der Waals surface area contributed by atoms with Crippen LogP contribution in [0.4, 0.5) is 28.0 Å². The van der Waals surface area contributed by atoms with Gasteiger partial charge >= 0.3 is 18.7 Å². The first-order valence-corrected chi connectivity index (χ1v) is 8.32. The van der Waals surface area contributed by atoms with E-state index in [1.54, 1.807) is 26.0 Å². The molecule has 10 heteroatoms. The van der Waals surface area contributed by atoms with Crippen molar-refractivity contribution < 1.29 is 41.4 Å². The van der Waals surface area contributed by atoms with Crippen molar-refractivity contribution in [1.82, 2.24) is 0 Å². The predicted octanol–water partition coefficient (Wildman–Crippen LogP) is 5.10. The lowest BCUT2D eigenvalue weighted by Gasteiger charge is -2.17. The van der Waals surface area contributed by atoms with E-state index in [-0.39, 0.29) is 17.0 Å². The topological polar surface area (TPSA) is 73.9 Å². The first-order chi connectivity index (χ1) is 13.6. The molecule has 2 rings (SSSR count). The number of alkyl halides is 4. The largest absolute Gasteiger partial charge is 0.514 e. The first-order valence-electron chi connectivity index (χ1n) is 8.32. The first kappa shape index (κ1) is 22.0. The summed E-state index contributed by atoms with van der Waals surface area (Å²) in [6, 6.07) is 10.2. The molecule has 0 spiro atoms. The van der Waals surface area contributed by atoms with E-state index in [9.17, 15) is 27.2 Å². The predicted molar refractivity (Wildman–Crippen MR) is 94.7 cm³/mol. The van der Waals surface area contributed by atoms with E-state index in [2.05, 4.69) is 10.1 Å². The maximum atomic E-state index is 12.9. The maximum Gasteiger partial charge on any atom is 0.514 e. The van der Waals surface area contributed by atoms with E-state index in [1.807, 2.05) is 0 Å². The van der Waals surface area contributed by atoms with Crippen LogP contribution >= 0.6 is 0 Å². The molecule has 0 fully saturated rings. The van der Waals surface area contributed by atoms with Gasteiger partial charge in [0.2, 0.25) is 0 Å². The van der Waals surface area contributed by atoms with Crippen molar-refractivity contribution in [2.75, 3.05) is 5.32 Å². The molecule has 0 aliphatic heterocycles. The lowest BCUT2D eigenvalue weighted by Crippen LogP contribution is -2.33. The van der Waals surface area contributed by atoms with Gasteiger partial charge in [0, 0.05) is 5.69 Å². The molecule has 1 amide bonds. The number of amides is 1. The molecular weight excluding hydrogens is 398 g/mol. The number of hydrogen-bond donors (Lipinski definition) is 1. The lowest BCUT2D eigenvalue weighted by atomic mass is 10.2. The molecular formula is C19H17F4NO5. The highest BCUT2D eigenvalue weighted by Gasteiger charge is 2.43. The fourth-order valence-electron chi connectivity index (χ4n) is 2.06. The van der Waals surface area contributed by atoms with E-state index in [4.69, 9.17) is 9.47 Å². The summed E-state index contributed by atoms with van der Waals surface area (Å²) in [4.78, 5) is 24.1. The highest BCUT2D eigenvalue weighted by atomic mass is 19.3. The summed E-state index contributed by atoms with van der Waals surface area (Å²) in [5, 5.41) is 2.46. The molecule has 0 unspecified atom stereocenters. The van der Waals surface area contributed by atoms with Crippen LogP contribution in [0.1, 0.15) is 24.2 Å². The van der Waals surface area contributed by atoms with Crippen LogP contribution in [0.15, 0.2) is 48.5 Å². The minimum Gasteiger partial charge on any atom is -0.431 e. The number of hydrogen-bond acceptors (Lipinski definition) is 5. The molecule has 29 heavy (non-hydrogen) atoms. The minimum atomic E-state index is -4.63. The number of ether oxygens (including phenoxy) is 3. The fourth-order valence-corrected chi connectivity index (χ4v) is 2.06. The SMILES string of the molecule is CC(C)OC(=O)Oc1ccccc1C(=O)Nc1ccc(OC(F)(F)C(F)F)cc1. The number of rotatable bonds is 7. The number of benzene rings is 2. The van der Waals surface area contributed by atoms with Crippen molar-refractivity contribution >= 4 is 17.7 Å². The molecule has 0 atom stereocenters. The van der Waals surface area contributed by atoms with Crippen LogP contribution in [-0.2, 0) is 4.74 Å². The Labute approximate surface area is 163 Å². The number of para-hydroxylation sites is 1. The average Bonchev–Trinajstić information content (AvgIpc) is 2.62. The van der Waals surface area contributed by atoms with Crippen molar-refractivity contribution in [1.29, 1.82) is 0 Å². The van der Waals surface area contributed by atoms with Crippen molar-refractivity contribution in [2.24, 2.45) is 0 Å². The van der Waals surface area contributed by atoms with Gasteiger partial charge in [0.15, 0.2) is 0 Å². The normalized spacial score (nSPS) is 11.3. The van der Waals surface area contributed by atoms with Crippen LogP contribution < -0.4 is 14.8 Å². The molecule has 1 N–H and O–H groups in total. The number of carbonyl (C=O) groups is 2. The summed E-state index contributed by atoms with van der Waals surface area (Å²) in [5.74, 6) is -1.22. The number of nitrogens with one attached hydrogen (secondary N) is 1. The second kappa shape index (κ2) is 9.26. The van der Waals surface area contributed by atoms with Gasteiger partial charge in [-0.15, -0.1) is 0 Å². The van der Waals surface area contributed by atoms with E-state index in [0.717, 1.165) is 12.1 Å². The average molecular weight is 415 g/mol. The van der Waals surface area contributed by atoms with Crippen molar-refractivity contribution in [3.63, 3.8) is 0 Å². The Kier molecular flexibility index (Phi) is 7.03. The Balaban J connectivity index is 2.08. The molecule has 0 saturated heterocycles. The molecule has 6 nitrogen and oxygen atoms in total. The summed E-state index contributed by atoms with van der Waals surface area (Å²) in [5.41, 5.74) is 0.181. The summed E-state index contributed by atoms with van der Waals surface area (Å²) in [6.45, 7) is 3.26. The summed E-state index contributed by atoms with van der Waals surface area (Å²) in [6.07, 6.45) is -10.0. The van der Waals surface area contributed by atoms with Crippen LogP contribution in [0.2, 0.25) is 0 Å². The van der Waals surface area contributed by atoms with Gasteiger partial charge < -0.3 is 19.5 Å². The van der Waals surface area contributed by atoms with Crippen molar-refractivity contribution in [3.8, 4) is 11.5 Å². The minimum absolute atomic E-state index is 0.0118. The van der Waals surface area contributed by atoms with E-state index in [0.29, 0.717) is 0 Å². The van der Waals surface area contributed by atoms with Crippen LogP contribution in [0, 0.1) is 0 Å². The zero-order valence-electron chi connectivity index (χ0n) is 15.3. The number of halogens is 4. The molecule has 0 bridgehead atoms. The van der Waals surface area contributed by atoms with Gasteiger partial charge in [0.25, 0.3) is 5.91 Å². The third-order valence-corrected chi connectivity index (χ3v) is 3.28. The van der Waals surface area contributed by atoms with Gasteiger partial charge in [-0.25, -0.2) is 4.79 Å². The smallest absolute Gasteiger partial charge is 0.431 e. The molecule has 0 aromatic heterocycles. The van der Waals surface area contributed by atoms with Crippen LogP contribution in [0.25, 0.3) is 0 Å². The van der Waals surface area contributed by atoms with Gasteiger partial charge in [-0.1, -0.05) is 12.1 Å². The molecule has 2 aromatic carbocycles. The van der Waals surface area contributed by atoms with Gasteiger partial charge in [-0.2, -0.15) is 17.6 Å². The lowest BCUT2D eigenvalue weighted by molar-refractivity contribution is -0.253. The standard InChI is InChI=1S/C19H17F4NO5/c1-11(2)27-18(26)28-15-6-4-3-5-14(15)16(25)24-12-7-9-13(10-8-12)29-19(22,23)17(20)21/h3-11,17H,1-2H3,(H,24,25). The fraction of sp³-hybridized carbons (Fsp3) is 0.263. The Morgan fingerprint density at radius 3 is 2.21 bits per heavy atom. The molecule has 0 aliphatic rings. The number of carbonyl (C=O) groups excluding carboxylic acids is 2. The van der Waals surface area contributed by atoms with Gasteiger partial charge in [-0.3, -0.25) is 4.79 Å². The molecule has 156 valence electrons. The summed E-state index contributed by atoms with van der Waals surface area (Å²) >= 11 is 0. The monoisotopic (exact) mass is 415 g/mol. The molecule has 0 aliphatic carbocycles. The second-order valence-corrected chi connectivity index (χ2v) is 5.96.